The van der Waals surface area contributed by atoms with Crippen molar-refractivity contribution in [2.24, 2.45) is 11.3 Å². The van der Waals surface area contributed by atoms with Gasteiger partial charge in [-0.1, -0.05) is 62.1 Å². The molecule has 2 aromatic heterocycles. The summed E-state index contributed by atoms with van der Waals surface area (Å²) in [7, 11) is -2.43. The Labute approximate surface area is 248 Å². The molecule has 2 aliphatic rings. The maximum atomic E-state index is 10.2. The van der Waals surface area contributed by atoms with Crippen LogP contribution in [0.15, 0.2) is 16.6 Å². The molecule has 1 fully saturated rings. The third kappa shape index (κ3) is 6.50. The van der Waals surface area contributed by atoms with Crippen LogP contribution < -0.4 is 0 Å². The summed E-state index contributed by atoms with van der Waals surface area (Å²) >= 11 is 3.56. The normalized spacial score (nSPS) is 20.8. The van der Waals surface area contributed by atoms with Gasteiger partial charge in [-0.3, -0.25) is 4.57 Å². The van der Waals surface area contributed by atoms with Gasteiger partial charge < -0.3 is 19.7 Å². The molecule has 5 rings (SSSR count). The smallest absolute Gasteiger partial charge is 0.180 e. The molecule has 11 heteroatoms. The summed E-state index contributed by atoms with van der Waals surface area (Å²) in [6.07, 6.45) is 1.58. The molecule has 2 aliphatic carbocycles. The first-order chi connectivity index (χ1) is 18.7. The van der Waals surface area contributed by atoms with Crippen LogP contribution >= 0.6 is 15.9 Å². The van der Waals surface area contributed by atoms with Gasteiger partial charge in [0.1, 0.15) is 19.2 Å². The highest BCUT2D eigenvalue weighted by atomic mass is 79.9. The fourth-order valence-electron chi connectivity index (χ4n) is 5.69. The molecule has 3 aromatic rings. The van der Waals surface area contributed by atoms with Crippen molar-refractivity contribution in [3.63, 3.8) is 0 Å². The van der Waals surface area contributed by atoms with E-state index >= 15 is 0 Å². The zero-order chi connectivity index (χ0) is 29.0. The third-order valence-corrected chi connectivity index (χ3v) is 12.4. The minimum Gasteiger partial charge on any atom is -0.364 e. The first-order valence-corrected chi connectivity index (χ1v) is 22.7. The number of halogens is 1. The maximum absolute atomic E-state index is 10.2. The largest absolute Gasteiger partial charge is 0.364 e. The van der Waals surface area contributed by atoms with E-state index in [2.05, 4.69) is 71.4 Å². The molecule has 1 aromatic carbocycles. The number of aliphatic hydroxyl groups excluding tert-OH is 1. The Hall–Kier alpha value is -1.35. The van der Waals surface area contributed by atoms with Gasteiger partial charge in [0.05, 0.1) is 11.0 Å². The molecule has 2 atom stereocenters. The molecule has 8 nitrogen and oxygen atoms in total. The van der Waals surface area contributed by atoms with Gasteiger partial charge in [-0.15, -0.1) is 0 Å². The molecule has 2 heterocycles. The summed E-state index contributed by atoms with van der Waals surface area (Å²) in [4.78, 5) is 5.02. The summed E-state index contributed by atoms with van der Waals surface area (Å²) in [6, 6.07) is 5.88. The Kier molecular flexibility index (Phi) is 8.32. The quantitative estimate of drug-likeness (QED) is 0.134. The van der Waals surface area contributed by atoms with Crippen LogP contribution in [0.1, 0.15) is 36.5 Å². The van der Waals surface area contributed by atoms with Crippen LogP contribution in [-0.4, -0.2) is 58.9 Å². The van der Waals surface area contributed by atoms with Gasteiger partial charge >= 0.3 is 0 Å². The van der Waals surface area contributed by atoms with Gasteiger partial charge in [0.15, 0.2) is 12.1 Å². The van der Waals surface area contributed by atoms with Crippen LogP contribution in [-0.2, 0) is 35.8 Å². The Morgan fingerprint density at radius 2 is 1.70 bits per heavy atom. The lowest BCUT2D eigenvalue weighted by molar-refractivity contribution is -0.0414. The van der Waals surface area contributed by atoms with Crippen LogP contribution in [0.2, 0.25) is 51.4 Å². The van der Waals surface area contributed by atoms with E-state index < -0.39 is 22.4 Å². The van der Waals surface area contributed by atoms with Crippen molar-refractivity contribution in [2.75, 3.05) is 13.2 Å². The van der Waals surface area contributed by atoms with Crippen molar-refractivity contribution >= 4 is 43.1 Å². The third-order valence-electron chi connectivity index (χ3n) is 8.49. The highest BCUT2D eigenvalue weighted by Crippen LogP contribution is 2.60. The highest BCUT2D eigenvalue weighted by molar-refractivity contribution is 9.10. The van der Waals surface area contributed by atoms with Gasteiger partial charge in [-0.05, 0) is 54.8 Å². The second-order valence-corrected chi connectivity index (χ2v) is 26.7. The van der Waals surface area contributed by atoms with Crippen molar-refractivity contribution in [3.05, 3.63) is 33.4 Å². The predicted octanol–water partition coefficient (Wildman–Crippen LogP) is 6.39. The Balaban J connectivity index is 1.56. The van der Waals surface area contributed by atoms with E-state index in [1.54, 1.807) is 6.07 Å². The number of fused-ring (bicyclic) bond motifs is 3. The van der Waals surface area contributed by atoms with Crippen LogP contribution in [0.5, 0.6) is 0 Å². The molecule has 40 heavy (non-hydrogen) atoms. The molecule has 0 amide bonds. The Morgan fingerprint density at radius 3 is 2.33 bits per heavy atom. The first kappa shape index (κ1) is 30.1. The molecular weight excluding hydrogens is 604 g/mol. The number of nitrogens with zero attached hydrogens (tertiary/aromatic N) is 4. The zero-order valence-electron chi connectivity index (χ0n) is 25.1. The van der Waals surface area contributed by atoms with Gasteiger partial charge in [0.25, 0.3) is 0 Å². The molecule has 220 valence electrons. The number of aromatic nitrogens is 4. The van der Waals surface area contributed by atoms with Crippen molar-refractivity contribution in [1.29, 1.82) is 0 Å². The number of imidazole rings is 1. The number of rotatable bonds is 12. The molecular formula is C29H45BrN4O4Si2. The van der Waals surface area contributed by atoms with E-state index in [1.165, 1.54) is 17.7 Å². The second-order valence-electron chi connectivity index (χ2n) is 14.5. The monoisotopic (exact) mass is 648 g/mol. The van der Waals surface area contributed by atoms with Crippen molar-refractivity contribution in [3.8, 4) is 11.5 Å². The Morgan fingerprint density at radius 1 is 1.05 bits per heavy atom. The first-order valence-electron chi connectivity index (χ1n) is 14.5. The standard InChI is InChI=1S/C29H45BrN4O4Si2/c1-29-15-19(29)12-21-24(16-29)34(18-38-9-11-40(5,6)7)32-26(21)27-31-25-22(28(35)36)13-20(30)14-23(25)33(27)17-37-8-10-39(2,3)4/h13-14,19,28,35-36H,8-12,15-18H2,1-7H3/t19-,29-/m1/s1. The van der Waals surface area contributed by atoms with Crippen LogP contribution in [0.3, 0.4) is 0 Å². The minimum atomic E-state index is -1.64. The SMILES string of the molecule is C[C@@]12Cc3c(c(-c4nc5c(C(O)O)cc(Br)cc5n4COCC[Si](C)(C)C)nn3COCC[Si](C)(C)C)C[C@@H]1C2. The van der Waals surface area contributed by atoms with E-state index in [1.807, 2.05) is 6.07 Å². The summed E-state index contributed by atoms with van der Waals surface area (Å²) in [5.74, 6) is 1.38. The summed E-state index contributed by atoms with van der Waals surface area (Å²) in [5, 5.41) is 25.5. The van der Waals surface area contributed by atoms with Crippen LogP contribution in [0.4, 0.5) is 0 Å². The molecule has 1 saturated carbocycles. The van der Waals surface area contributed by atoms with Gasteiger partial charge in [0.2, 0.25) is 0 Å². The fraction of sp³-hybridized carbons (Fsp3) is 0.655. The van der Waals surface area contributed by atoms with Gasteiger partial charge in [-0.25, -0.2) is 9.67 Å². The van der Waals surface area contributed by atoms with Crippen molar-refractivity contribution in [1.82, 2.24) is 19.3 Å². The molecule has 0 radical (unpaired) electrons. The van der Waals surface area contributed by atoms with E-state index in [-0.39, 0.29) is 0 Å². The van der Waals surface area contributed by atoms with E-state index in [9.17, 15) is 10.2 Å². The van der Waals surface area contributed by atoms with Crippen LogP contribution in [0.25, 0.3) is 22.6 Å². The maximum Gasteiger partial charge on any atom is 0.180 e. The van der Waals surface area contributed by atoms with E-state index in [0.717, 1.165) is 47.2 Å². The minimum absolute atomic E-state index is 0.323. The van der Waals surface area contributed by atoms with Crippen molar-refractivity contribution in [2.45, 2.75) is 97.3 Å². The molecule has 0 bridgehead atoms. The molecule has 0 spiro atoms. The molecule has 2 N–H and O–H groups in total. The number of benzene rings is 1. The van der Waals surface area contributed by atoms with Crippen LogP contribution in [0, 0.1) is 11.3 Å². The number of hydrogen-bond donors (Lipinski definition) is 2. The van der Waals surface area contributed by atoms with E-state index in [4.69, 9.17) is 19.6 Å². The molecule has 0 unspecified atom stereocenters. The predicted molar refractivity (Wildman–Crippen MR) is 168 cm³/mol. The molecule has 0 saturated heterocycles. The topological polar surface area (TPSA) is 94.6 Å². The van der Waals surface area contributed by atoms with Gasteiger partial charge in [-0.2, -0.15) is 5.10 Å². The number of ether oxygens (including phenoxy) is 2. The number of hydrogen-bond acceptors (Lipinski definition) is 6. The average Bonchev–Trinajstić information content (AvgIpc) is 3.20. The highest BCUT2D eigenvalue weighted by Gasteiger charge is 2.54. The van der Waals surface area contributed by atoms with Crippen molar-refractivity contribution < 1.29 is 19.7 Å². The lowest BCUT2D eigenvalue weighted by Gasteiger charge is -2.20. The summed E-state index contributed by atoms with van der Waals surface area (Å²) in [6.45, 7) is 18.7. The van der Waals surface area contributed by atoms with Gasteiger partial charge in [0, 0.05) is 50.7 Å². The van der Waals surface area contributed by atoms with E-state index in [0.29, 0.717) is 48.3 Å². The Bertz CT molecular complexity index is 1390. The average molecular weight is 650 g/mol. The molecule has 0 aliphatic heterocycles. The lowest BCUT2D eigenvalue weighted by Crippen LogP contribution is -2.23. The fourth-order valence-corrected chi connectivity index (χ4v) is 7.66. The zero-order valence-corrected chi connectivity index (χ0v) is 28.6. The number of aliphatic hydroxyl groups is 2. The second kappa shape index (κ2) is 11.1. The lowest BCUT2D eigenvalue weighted by atomic mass is 9.87. The summed E-state index contributed by atoms with van der Waals surface area (Å²) in [5.41, 5.74) is 5.42. The summed E-state index contributed by atoms with van der Waals surface area (Å²) < 4.78 is 17.3.